The van der Waals surface area contributed by atoms with Crippen LogP contribution in [0, 0.1) is 17.3 Å². The molecule has 1 saturated carbocycles. The van der Waals surface area contributed by atoms with Crippen LogP contribution in [0.25, 0.3) is 10.9 Å². The van der Waals surface area contributed by atoms with Gasteiger partial charge in [0.25, 0.3) is 0 Å². The van der Waals surface area contributed by atoms with Crippen molar-refractivity contribution in [1.82, 2.24) is 9.97 Å². The largest absolute Gasteiger partial charge is 0.464 e. The highest BCUT2D eigenvalue weighted by Gasteiger charge is 2.50. The Balaban J connectivity index is 1.44. The molecule has 138 valence electrons. The number of anilines is 1. The Labute approximate surface area is 153 Å². The fourth-order valence-electron chi connectivity index (χ4n) is 3.79. The molecule has 1 heterocycles. The van der Waals surface area contributed by atoms with Crippen molar-refractivity contribution >= 4 is 28.5 Å². The van der Waals surface area contributed by atoms with Gasteiger partial charge in [-0.05, 0) is 36.8 Å². The van der Waals surface area contributed by atoms with Crippen LogP contribution < -0.4 is 5.32 Å². The first-order valence-electron chi connectivity index (χ1n) is 8.99. The van der Waals surface area contributed by atoms with Crippen molar-refractivity contribution in [3.8, 4) is 0 Å². The zero-order valence-electron chi connectivity index (χ0n) is 15.5. The van der Waals surface area contributed by atoms with Crippen molar-refractivity contribution in [2.75, 3.05) is 18.5 Å². The summed E-state index contributed by atoms with van der Waals surface area (Å²) in [6.45, 7) is 6.51. The topological polar surface area (TPSA) is 81.2 Å². The summed E-state index contributed by atoms with van der Waals surface area (Å²) in [6, 6.07) is 7.75. The molecule has 3 rings (SSSR count). The summed E-state index contributed by atoms with van der Waals surface area (Å²) in [6.07, 6.45) is 2.66. The van der Waals surface area contributed by atoms with Gasteiger partial charge in [-0.15, -0.1) is 0 Å². The fraction of sp³-hybridized carbons (Fsp3) is 0.500. The third-order valence-corrected chi connectivity index (χ3v) is 5.57. The summed E-state index contributed by atoms with van der Waals surface area (Å²) in [5.41, 5.74) is 0.748. The second-order valence-corrected chi connectivity index (χ2v) is 7.51. The van der Waals surface area contributed by atoms with Gasteiger partial charge in [0.1, 0.15) is 24.5 Å². The maximum atomic E-state index is 12.1. The number of para-hydroxylation sites is 1. The molecule has 0 spiro atoms. The SMILES string of the molecule is CC(=O)[C@@H]1C[C@H](CC(=O)OCCNc2ncnc3ccccc23)C1(C)C. The number of esters is 1. The van der Waals surface area contributed by atoms with Crippen LogP contribution in [0.15, 0.2) is 30.6 Å². The van der Waals surface area contributed by atoms with Crippen molar-refractivity contribution in [2.24, 2.45) is 17.3 Å². The van der Waals surface area contributed by atoms with E-state index in [9.17, 15) is 9.59 Å². The lowest BCUT2D eigenvalue weighted by atomic mass is 9.53. The number of benzene rings is 1. The first kappa shape index (κ1) is 18.3. The minimum absolute atomic E-state index is 0.0630. The number of fused-ring (bicyclic) bond motifs is 1. The van der Waals surface area contributed by atoms with Crippen molar-refractivity contribution in [1.29, 1.82) is 0 Å². The molecule has 1 fully saturated rings. The smallest absolute Gasteiger partial charge is 0.306 e. The van der Waals surface area contributed by atoms with Gasteiger partial charge < -0.3 is 10.1 Å². The van der Waals surface area contributed by atoms with Crippen LogP contribution in [-0.2, 0) is 14.3 Å². The molecule has 0 saturated heterocycles. The third kappa shape index (κ3) is 3.69. The van der Waals surface area contributed by atoms with Crippen molar-refractivity contribution in [3.05, 3.63) is 30.6 Å². The van der Waals surface area contributed by atoms with Crippen LogP contribution in [-0.4, -0.2) is 34.9 Å². The highest BCUT2D eigenvalue weighted by atomic mass is 16.5. The zero-order chi connectivity index (χ0) is 18.7. The first-order valence-corrected chi connectivity index (χ1v) is 8.99. The maximum Gasteiger partial charge on any atom is 0.306 e. The standard InChI is InChI=1S/C20H25N3O3/c1-13(24)16-10-14(20(16,2)3)11-18(25)26-9-8-21-19-15-6-4-5-7-17(15)22-12-23-19/h4-7,12,14,16H,8-11H2,1-3H3,(H,21,22,23)/t14-,16+/m1/s1. The lowest BCUT2D eigenvalue weighted by molar-refractivity contribution is -0.153. The van der Waals surface area contributed by atoms with Crippen LogP contribution in [0.3, 0.4) is 0 Å². The molecule has 0 unspecified atom stereocenters. The summed E-state index contributed by atoms with van der Waals surface area (Å²) in [7, 11) is 0. The summed E-state index contributed by atoms with van der Waals surface area (Å²) in [5, 5.41) is 4.13. The second kappa shape index (κ2) is 7.40. The quantitative estimate of drug-likeness (QED) is 0.607. The lowest BCUT2D eigenvalue weighted by Crippen LogP contribution is -2.49. The van der Waals surface area contributed by atoms with Crippen LogP contribution >= 0.6 is 0 Å². The Morgan fingerprint density at radius 3 is 2.77 bits per heavy atom. The zero-order valence-corrected chi connectivity index (χ0v) is 15.5. The number of aromatic nitrogens is 2. The molecule has 1 aromatic heterocycles. The average molecular weight is 355 g/mol. The molecule has 6 nitrogen and oxygen atoms in total. The Hall–Kier alpha value is -2.50. The highest BCUT2D eigenvalue weighted by Crippen LogP contribution is 2.53. The third-order valence-electron chi connectivity index (χ3n) is 5.57. The number of nitrogens with one attached hydrogen (secondary N) is 1. The van der Waals surface area contributed by atoms with E-state index in [1.54, 1.807) is 6.92 Å². The van der Waals surface area contributed by atoms with E-state index >= 15 is 0 Å². The van der Waals surface area contributed by atoms with E-state index in [1.165, 1.54) is 6.33 Å². The predicted molar refractivity (Wildman–Crippen MR) is 99.7 cm³/mol. The number of hydrogen-bond acceptors (Lipinski definition) is 6. The van der Waals surface area contributed by atoms with Gasteiger partial charge in [0.2, 0.25) is 0 Å². The van der Waals surface area contributed by atoms with Gasteiger partial charge >= 0.3 is 5.97 Å². The molecule has 26 heavy (non-hydrogen) atoms. The van der Waals surface area contributed by atoms with Gasteiger partial charge in [-0.25, -0.2) is 9.97 Å². The predicted octanol–water partition coefficient (Wildman–Crippen LogP) is 3.23. The van der Waals surface area contributed by atoms with Gasteiger partial charge in [0.15, 0.2) is 0 Å². The Kier molecular flexibility index (Phi) is 5.20. The van der Waals surface area contributed by atoms with Crippen LogP contribution in [0.4, 0.5) is 5.82 Å². The molecule has 1 aromatic carbocycles. The molecule has 1 aliphatic carbocycles. The number of ketones is 1. The van der Waals surface area contributed by atoms with E-state index in [-0.39, 0.29) is 35.6 Å². The summed E-state index contributed by atoms with van der Waals surface area (Å²) in [5.74, 6) is 1.01. The molecule has 0 aliphatic heterocycles. The molecule has 6 heteroatoms. The van der Waals surface area contributed by atoms with Crippen molar-refractivity contribution in [3.63, 3.8) is 0 Å². The number of carbonyl (C=O) groups is 2. The fourth-order valence-corrected chi connectivity index (χ4v) is 3.79. The average Bonchev–Trinajstić information content (AvgIpc) is 2.61. The number of nitrogens with zero attached hydrogens (tertiary/aromatic N) is 2. The van der Waals surface area contributed by atoms with E-state index < -0.39 is 0 Å². The number of Topliss-reactive ketones (excluding diaryl/α,β-unsaturated/α-hetero) is 1. The molecular weight excluding hydrogens is 330 g/mol. The maximum absolute atomic E-state index is 12.1. The summed E-state index contributed by atoms with van der Waals surface area (Å²) >= 11 is 0. The molecule has 1 aliphatic rings. The van der Waals surface area contributed by atoms with E-state index in [2.05, 4.69) is 29.1 Å². The van der Waals surface area contributed by atoms with Gasteiger partial charge in [-0.2, -0.15) is 0 Å². The minimum Gasteiger partial charge on any atom is -0.464 e. The summed E-state index contributed by atoms with van der Waals surface area (Å²) in [4.78, 5) is 32.1. The normalized spacial score (nSPS) is 21.0. The van der Waals surface area contributed by atoms with Crippen LogP contribution in [0.2, 0.25) is 0 Å². The van der Waals surface area contributed by atoms with Crippen LogP contribution in [0.1, 0.15) is 33.6 Å². The summed E-state index contributed by atoms with van der Waals surface area (Å²) < 4.78 is 5.34. The minimum atomic E-state index is -0.209. The highest BCUT2D eigenvalue weighted by molar-refractivity contribution is 5.88. The number of ether oxygens (including phenoxy) is 1. The molecule has 2 aromatic rings. The van der Waals surface area contributed by atoms with Crippen molar-refractivity contribution in [2.45, 2.75) is 33.6 Å². The van der Waals surface area contributed by atoms with Gasteiger partial charge in [-0.3, -0.25) is 9.59 Å². The Bertz CT molecular complexity index is 814. The molecule has 0 radical (unpaired) electrons. The van der Waals surface area contributed by atoms with Gasteiger partial charge in [-0.1, -0.05) is 26.0 Å². The van der Waals surface area contributed by atoms with Gasteiger partial charge in [0, 0.05) is 17.7 Å². The molecule has 2 atom stereocenters. The molecular formula is C20H25N3O3. The number of hydrogen-bond donors (Lipinski definition) is 1. The van der Waals surface area contributed by atoms with E-state index in [0.29, 0.717) is 13.0 Å². The molecule has 0 amide bonds. The van der Waals surface area contributed by atoms with E-state index in [0.717, 1.165) is 23.1 Å². The Morgan fingerprint density at radius 2 is 2.04 bits per heavy atom. The van der Waals surface area contributed by atoms with E-state index in [4.69, 9.17) is 4.74 Å². The number of rotatable bonds is 7. The second-order valence-electron chi connectivity index (χ2n) is 7.51. The van der Waals surface area contributed by atoms with Crippen molar-refractivity contribution < 1.29 is 14.3 Å². The van der Waals surface area contributed by atoms with Gasteiger partial charge in [0.05, 0.1) is 12.1 Å². The number of carbonyl (C=O) groups excluding carboxylic acids is 2. The van der Waals surface area contributed by atoms with Crippen LogP contribution in [0.5, 0.6) is 0 Å². The Morgan fingerprint density at radius 1 is 1.27 bits per heavy atom. The molecule has 0 bridgehead atoms. The lowest BCUT2D eigenvalue weighted by Gasteiger charge is -2.50. The van der Waals surface area contributed by atoms with E-state index in [1.807, 2.05) is 24.3 Å². The first-order chi connectivity index (χ1) is 12.4. The molecule has 1 N–H and O–H groups in total. The monoisotopic (exact) mass is 355 g/mol.